The molecule has 0 radical (unpaired) electrons. The molecule has 4 heteroatoms. The van der Waals surface area contributed by atoms with Gasteiger partial charge in [0.15, 0.2) is 0 Å². The third-order valence-corrected chi connectivity index (χ3v) is 4.29. The fourth-order valence-electron chi connectivity index (χ4n) is 2.16. The van der Waals surface area contributed by atoms with Crippen LogP contribution in [0.15, 0.2) is 42.5 Å². The lowest BCUT2D eigenvalue weighted by atomic mass is 9.94. The van der Waals surface area contributed by atoms with E-state index in [0.717, 1.165) is 29.0 Å². The first-order chi connectivity index (χ1) is 9.60. The van der Waals surface area contributed by atoms with E-state index >= 15 is 0 Å². The average Bonchev–Trinajstić information content (AvgIpc) is 2.44. The predicted octanol–water partition coefficient (Wildman–Crippen LogP) is 5.77. The Kier molecular flexibility index (Phi) is 5.71. The zero-order chi connectivity index (χ0) is 14.5. The van der Waals surface area contributed by atoms with Crippen LogP contribution in [0.4, 0.5) is 4.39 Å². The summed E-state index contributed by atoms with van der Waals surface area (Å²) in [5, 5.41) is 0.897. The molecule has 0 bridgehead atoms. The van der Waals surface area contributed by atoms with Crippen LogP contribution in [0.3, 0.4) is 0 Å². The summed E-state index contributed by atoms with van der Waals surface area (Å²) in [6, 6.07) is 12.5. The molecule has 0 spiro atoms. The van der Waals surface area contributed by atoms with Crippen LogP contribution >= 0.6 is 34.8 Å². The quantitative estimate of drug-likeness (QED) is 0.610. The van der Waals surface area contributed by atoms with Gasteiger partial charge in [-0.3, -0.25) is 0 Å². The summed E-state index contributed by atoms with van der Waals surface area (Å²) in [7, 11) is 0. The largest absolute Gasteiger partial charge is 0.205 e. The molecule has 0 heterocycles. The van der Waals surface area contributed by atoms with Crippen LogP contribution < -0.4 is 0 Å². The molecule has 2 aromatic carbocycles. The van der Waals surface area contributed by atoms with Gasteiger partial charge in [-0.25, -0.2) is 4.39 Å². The van der Waals surface area contributed by atoms with Crippen LogP contribution in [0.2, 0.25) is 10.0 Å². The molecule has 106 valence electrons. The lowest BCUT2D eigenvalue weighted by Gasteiger charge is -2.15. The van der Waals surface area contributed by atoms with Crippen molar-refractivity contribution >= 4 is 34.8 Å². The molecule has 0 aliphatic carbocycles. The molecule has 0 nitrogen and oxygen atoms in total. The highest BCUT2D eigenvalue weighted by Crippen LogP contribution is 2.24. The van der Waals surface area contributed by atoms with Crippen molar-refractivity contribution in [3.8, 4) is 0 Å². The van der Waals surface area contributed by atoms with Crippen molar-refractivity contribution in [3.63, 3.8) is 0 Å². The van der Waals surface area contributed by atoms with E-state index in [-0.39, 0.29) is 10.9 Å². The van der Waals surface area contributed by atoms with E-state index in [4.69, 9.17) is 34.8 Å². The van der Waals surface area contributed by atoms with Crippen molar-refractivity contribution in [3.05, 3.63) is 69.5 Å². The summed E-state index contributed by atoms with van der Waals surface area (Å²) in [4.78, 5) is 0. The van der Waals surface area contributed by atoms with Crippen molar-refractivity contribution in [1.29, 1.82) is 0 Å². The molecule has 0 aliphatic rings. The van der Waals surface area contributed by atoms with Crippen LogP contribution in [0, 0.1) is 11.7 Å². The predicted molar refractivity (Wildman–Crippen MR) is 84.5 cm³/mol. The fraction of sp³-hybridized carbons (Fsp3) is 0.250. The topological polar surface area (TPSA) is 0 Å². The van der Waals surface area contributed by atoms with Gasteiger partial charge in [0.2, 0.25) is 0 Å². The minimum Gasteiger partial charge on any atom is -0.205 e. The molecule has 0 amide bonds. The van der Waals surface area contributed by atoms with Crippen molar-refractivity contribution in [2.24, 2.45) is 5.92 Å². The Morgan fingerprint density at radius 1 is 0.950 bits per heavy atom. The summed E-state index contributed by atoms with van der Waals surface area (Å²) >= 11 is 18.0. The third-order valence-electron chi connectivity index (χ3n) is 3.19. The van der Waals surface area contributed by atoms with E-state index in [1.165, 1.54) is 6.07 Å². The minimum absolute atomic E-state index is 0.147. The Hall–Kier alpha value is -0.760. The van der Waals surface area contributed by atoms with E-state index in [0.29, 0.717) is 5.88 Å². The molecular formula is C16H14Cl3F. The Balaban J connectivity index is 2.09. The second kappa shape index (κ2) is 7.31. The maximum Gasteiger partial charge on any atom is 0.141 e. The number of benzene rings is 2. The zero-order valence-corrected chi connectivity index (χ0v) is 13.0. The van der Waals surface area contributed by atoms with E-state index < -0.39 is 5.82 Å². The molecule has 1 unspecified atom stereocenters. The summed E-state index contributed by atoms with van der Waals surface area (Å²) in [6.45, 7) is 0. The first-order valence-electron chi connectivity index (χ1n) is 6.33. The smallest absolute Gasteiger partial charge is 0.141 e. The fourth-order valence-corrected chi connectivity index (χ4v) is 2.79. The van der Waals surface area contributed by atoms with Gasteiger partial charge in [0.05, 0.1) is 5.02 Å². The molecule has 1 atom stereocenters. The highest BCUT2D eigenvalue weighted by atomic mass is 35.5. The van der Waals surface area contributed by atoms with Crippen molar-refractivity contribution in [2.45, 2.75) is 12.8 Å². The molecule has 0 aromatic heterocycles. The second-order valence-electron chi connectivity index (χ2n) is 4.77. The minimum atomic E-state index is -0.399. The molecule has 0 fully saturated rings. The zero-order valence-electron chi connectivity index (χ0n) is 10.8. The Morgan fingerprint density at radius 3 is 2.35 bits per heavy atom. The summed E-state index contributed by atoms with van der Waals surface area (Å²) in [5.74, 6) is 0.349. The maximum atomic E-state index is 13.1. The average molecular weight is 332 g/mol. The first-order valence-corrected chi connectivity index (χ1v) is 7.62. The highest BCUT2D eigenvalue weighted by Gasteiger charge is 2.12. The van der Waals surface area contributed by atoms with Gasteiger partial charge in [-0.1, -0.05) is 47.5 Å². The van der Waals surface area contributed by atoms with Crippen molar-refractivity contribution < 1.29 is 4.39 Å². The van der Waals surface area contributed by atoms with Gasteiger partial charge in [0.25, 0.3) is 0 Å². The Morgan fingerprint density at radius 2 is 1.70 bits per heavy atom. The number of hydrogen-bond acceptors (Lipinski definition) is 0. The van der Waals surface area contributed by atoms with Gasteiger partial charge in [0.1, 0.15) is 5.82 Å². The molecule has 0 saturated carbocycles. The molecule has 0 N–H and O–H groups in total. The van der Waals surface area contributed by atoms with E-state index in [9.17, 15) is 4.39 Å². The van der Waals surface area contributed by atoms with Crippen LogP contribution in [0.1, 0.15) is 11.1 Å². The van der Waals surface area contributed by atoms with Crippen LogP contribution in [-0.4, -0.2) is 5.88 Å². The summed E-state index contributed by atoms with van der Waals surface area (Å²) in [5.41, 5.74) is 2.06. The van der Waals surface area contributed by atoms with Crippen molar-refractivity contribution in [2.75, 3.05) is 5.88 Å². The van der Waals surface area contributed by atoms with Gasteiger partial charge in [-0.15, -0.1) is 11.6 Å². The molecule has 2 rings (SSSR count). The highest BCUT2D eigenvalue weighted by molar-refractivity contribution is 6.31. The number of hydrogen-bond donors (Lipinski definition) is 0. The number of alkyl halides is 1. The van der Waals surface area contributed by atoms with Crippen LogP contribution in [-0.2, 0) is 12.8 Å². The number of rotatable bonds is 5. The molecule has 20 heavy (non-hydrogen) atoms. The Bertz CT molecular complexity index is 584. The van der Waals surface area contributed by atoms with Gasteiger partial charge in [-0.05, 0) is 48.1 Å². The summed E-state index contributed by atoms with van der Waals surface area (Å²) in [6.07, 6.45) is 1.53. The van der Waals surface area contributed by atoms with E-state index in [1.807, 2.05) is 24.3 Å². The van der Waals surface area contributed by atoms with E-state index in [2.05, 4.69) is 0 Å². The standard InChI is InChI=1S/C16H14Cl3F/c17-10-12(8-13-3-1-2-4-14(13)18)7-11-5-6-16(20)15(19)9-11/h1-6,9,12H,7-8,10H2. The third kappa shape index (κ3) is 4.12. The van der Waals surface area contributed by atoms with Crippen LogP contribution in [0.5, 0.6) is 0 Å². The molecular weight excluding hydrogens is 318 g/mol. The lowest BCUT2D eigenvalue weighted by Crippen LogP contribution is -2.10. The van der Waals surface area contributed by atoms with Gasteiger partial charge in [0, 0.05) is 10.9 Å². The first kappa shape index (κ1) is 15.6. The lowest BCUT2D eigenvalue weighted by molar-refractivity contribution is 0.581. The van der Waals surface area contributed by atoms with Crippen molar-refractivity contribution in [1.82, 2.24) is 0 Å². The van der Waals surface area contributed by atoms with Gasteiger partial charge < -0.3 is 0 Å². The molecule has 0 saturated heterocycles. The van der Waals surface area contributed by atoms with Crippen LogP contribution in [0.25, 0.3) is 0 Å². The SMILES string of the molecule is Fc1ccc(CC(CCl)Cc2ccccc2Cl)cc1Cl. The number of halogens is 4. The van der Waals surface area contributed by atoms with Gasteiger partial charge >= 0.3 is 0 Å². The second-order valence-corrected chi connectivity index (χ2v) is 5.89. The van der Waals surface area contributed by atoms with Gasteiger partial charge in [-0.2, -0.15) is 0 Å². The normalized spacial score (nSPS) is 12.4. The molecule has 2 aromatic rings. The monoisotopic (exact) mass is 330 g/mol. The maximum absolute atomic E-state index is 13.1. The van der Waals surface area contributed by atoms with E-state index in [1.54, 1.807) is 12.1 Å². The Labute approximate surface area is 133 Å². The molecule has 0 aliphatic heterocycles. The summed E-state index contributed by atoms with van der Waals surface area (Å²) < 4.78 is 13.1.